The molecule has 0 saturated heterocycles. The van der Waals surface area contributed by atoms with Gasteiger partial charge in [0.15, 0.2) is 5.75 Å². The number of aromatic hydroxyl groups is 1. The van der Waals surface area contributed by atoms with Crippen LogP contribution >= 0.6 is 23.2 Å². The summed E-state index contributed by atoms with van der Waals surface area (Å²) >= 11 is 11.7. The lowest BCUT2D eigenvalue weighted by Gasteiger charge is -2.16. The van der Waals surface area contributed by atoms with Crippen molar-refractivity contribution in [3.63, 3.8) is 0 Å². The maximum Gasteiger partial charge on any atom is 0.206 e. The van der Waals surface area contributed by atoms with E-state index in [4.69, 9.17) is 23.2 Å². The molecule has 0 aromatic heterocycles. The molecule has 0 unspecified atom stereocenters. The molecule has 3 nitrogen and oxygen atoms in total. The van der Waals surface area contributed by atoms with Crippen LogP contribution in [0.2, 0.25) is 10.0 Å². The number of rotatable bonds is 2. The average Bonchev–Trinajstić information content (AvgIpc) is 2.51. The first kappa shape index (κ1) is 15.7. The van der Waals surface area contributed by atoms with E-state index in [9.17, 15) is 13.5 Å². The minimum absolute atomic E-state index is 0.0175. The number of phenols is 1. The van der Waals surface area contributed by atoms with E-state index in [1.165, 1.54) is 17.7 Å². The zero-order chi connectivity index (χ0) is 15.9. The topological polar surface area (TPSA) is 54.4 Å². The number of hydrogen-bond acceptors (Lipinski definition) is 3. The number of halogens is 2. The van der Waals surface area contributed by atoms with Crippen LogP contribution in [-0.4, -0.2) is 13.5 Å². The molecule has 0 saturated carbocycles. The smallest absolute Gasteiger partial charge is 0.206 e. The van der Waals surface area contributed by atoms with Crippen molar-refractivity contribution in [3.8, 4) is 5.75 Å². The van der Waals surface area contributed by atoms with E-state index in [2.05, 4.69) is 0 Å². The van der Waals surface area contributed by atoms with Crippen molar-refractivity contribution in [2.75, 3.05) is 0 Å². The predicted molar refractivity (Wildman–Crippen MR) is 86.7 cm³/mol. The standard InChI is InChI=1S/C16H14Cl2O3S/c17-14-8-13(9-15(18)16(14)19)22(20,21)12-6-5-10-3-1-2-4-11(10)7-12/h5-9,19H,1-4H2. The zero-order valence-electron chi connectivity index (χ0n) is 11.6. The zero-order valence-corrected chi connectivity index (χ0v) is 14.0. The second kappa shape index (κ2) is 5.76. The largest absolute Gasteiger partial charge is 0.505 e. The first-order chi connectivity index (χ1) is 10.4. The number of fused-ring (bicyclic) bond motifs is 1. The number of aryl methyl sites for hydroxylation is 2. The number of sulfone groups is 1. The maximum atomic E-state index is 12.7. The van der Waals surface area contributed by atoms with E-state index < -0.39 is 9.84 Å². The lowest BCUT2D eigenvalue weighted by Crippen LogP contribution is -2.07. The highest BCUT2D eigenvalue weighted by Crippen LogP contribution is 2.36. The summed E-state index contributed by atoms with van der Waals surface area (Å²) in [6, 6.07) is 7.67. The Hall–Kier alpha value is -1.23. The van der Waals surface area contributed by atoms with Crippen LogP contribution in [0.3, 0.4) is 0 Å². The van der Waals surface area contributed by atoms with Gasteiger partial charge in [-0.15, -0.1) is 0 Å². The van der Waals surface area contributed by atoms with E-state index in [0.29, 0.717) is 0 Å². The van der Waals surface area contributed by atoms with Gasteiger partial charge in [-0.1, -0.05) is 29.3 Å². The first-order valence-electron chi connectivity index (χ1n) is 6.94. The Kier molecular flexibility index (Phi) is 4.10. The van der Waals surface area contributed by atoms with Crippen molar-refractivity contribution in [1.82, 2.24) is 0 Å². The molecule has 2 aromatic rings. The number of phenolic OH excluding ortho intramolecular Hbond substituents is 1. The molecule has 22 heavy (non-hydrogen) atoms. The molecule has 1 aliphatic rings. The van der Waals surface area contributed by atoms with Crippen molar-refractivity contribution in [3.05, 3.63) is 51.5 Å². The molecule has 0 radical (unpaired) electrons. The van der Waals surface area contributed by atoms with Gasteiger partial charge in [0.2, 0.25) is 9.84 Å². The fraction of sp³-hybridized carbons (Fsp3) is 0.250. The summed E-state index contributed by atoms with van der Waals surface area (Å²) in [5.74, 6) is -0.312. The summed E-state index contributed by atoms with van der Waals surface area (Å²) in [7, 11) is -3.71. The van der Waals surface area contributed by atoms with Crippen LogP contribution in [0, 0.1) is 0 Å². The van der Waals surface area contributed by atoms with Gasteiger partial charge in [-0.2, -0.15) is 0 Å². The third-order valence-corrected chi connectivity index (χ3v) is 6.24. The third-order valence-electron chi connectivity index (χ3n) is 3.93. The summed E-state index contributed by atoms with van der Waals surface area (Å²) in [5.41, 5.74) is 2.30. The van der Waals surface area contributed by atoms with Gasteiger partial charge in [0.1, 0.15) is 0 Å². The van der Waals surface area contributed by atoms with Gasteiger partial charge in [0.25, 0.3) is 0 Å². The Balaban J connectivity index is 2.10. The number of hydrogen-bond donors (Lipinski definition) is 1. The molecule has 0 fully saturated rings. The van der Waals surface area contributed by atoms with Gasteiger partial charge in [0.05, 0.1) is 19.8 Å². The van der Waals surface area contributed by atoms with Gasteiger partial charge < -0.3 is 5.11 Å². The Morgan fingerprint density at radius 3 is 2.09 bits per heavy atom. The first-order valence-corrected chi connectivity index (χ1v) is 9.18. The van der Waals surface area contributed by atoms with Crippen molar-refractivity contribution in [2.45, 2.75) is 35.5 Å². The third kappa shape index (κ3) is 2.71. The van der Waals surface area contributed by atoms with Crippen molar-refractivity contribution >= 4 is 33.0 Å². The van der Waals surface area contributed by atoms with Crippen molar-refractivity contribution in [1.29, 1.82) is 0 Å². The molecule has 0 aliphatic heterocycles. The van der Waals surface area contributed by atoms with Gasteiger partial charge in [0, 0.05) is 0 Å². The van der Waals surface area contributed by atoms with Crippen molar-refractivity contribution < 1.29 is 13.5 Å². The molecule has 1 N–H and O–H groups in total. The van der Waals surface area contributed by atoms with Gasteiger partial charge >= 0.3 is 0 Å². The van der Waals surface area contributed by atoms with E-state index in [0.717, 1.165) is 31.2 Å². The molecular formula is C16H14Cl2O3S. The molecule has 6 heteroatoms. The fourth-order valence-corrected chi connectivity index (χ4v) is 4.69. The molecule has 0 bridgehead atoms. The lowest BCUT2D eigenvalue weighted by atomic mass is 9.92. The summed E-state index contributed by atoms with van der Waals surface area (Å²) in [6.07, 6.45) is 4.11. The second-order valence-corrected chi connectivity index (χ2v) is 8.14. The highest BCUT2D eigenvalue weighted by Gasteiger charge is 2.22. The van der Waals surface area contributed by atoms with E-state index in [1.54, 1.807) is 12.1 Å². The highest BCUT2D eigenvalue weighted by molar-refractivity contribution is 7.91. The van der Waals surface area contributed by atoms with Crippen LogP contribution in [0.25, 0.3) is 0 Å². The molecule has 1 aliphatic carbocycles. The summed E-state index contributed by atoms with van der Waals surface area (Å²) in [6.45, 7) is 0. The number of benzene rings is 2. The minimum atomic E-state index is -3.71. The maximum absolute atomic E-state index is 12.7. The molecule has 116 valence electrons. The molecule has 0 atom stereocenters. The molecule has 0 heterocycles. The van der Waals surface area contributed by atoms with Crippen LogP contribution in [0.5, 0.6) is 5.75 Å². The van der Waals surface area contributed by atoms with Crippen LogP contribution in [0.4, 0.5) is 0 Å². The Morgan fingerprint density at radius 1 is 0.864 bits per heavy atom. The predicted octanol–water partition coefficient (Wildman–Crippen LogP) is 4.41. The second-order valence-electron chi connectivity index (χ2n) is 5.38. The van der Waals surface area contributed by atoms with E-state index in [1.807, 2.05) is 6.07 Å². The van der Waals surface area contributed by atoms with Crippen molar-refractivity contribution in [2.24, 2.45) is 0 Å². The Labute approximate surface area is 139 Å². The monoisotopic (exact) mass is 356 g/mol. The van der Waals surface area contributed by atoms with Crippen LogP contribution in [-0.2, 0) is 22.7 Å². The highest BCUT2D eigenvalue weighted by atomic mass is 35.5. The fourth-order valence-electron chi connectivity index (χ4n) is 2.71. The van der Waals surface area contributed by atoms with E-state index >= 15 is 0 Å². The van der Waals surface area contributed by atoms with E-state index in [-0.39, 0.29) is 25.6 Å². The molecule has 2 aromatic carbocycles. The van der Waals surface area contributed by atoms with Crippen LogP contribution in [0.1, 0.15) is 24.0 Å². The van der Waals surface area contributed by atoms with Gasteiger partial charge in [-0.3, -0.25) is 0 Å². The Bertz CT molecular complexity index is 821. The van der Waals surface area contributed by atoms with Gasteiger partial charge in [-0.05, 0) is 61.1 Å². The van der Waals surface area contributed by atoms with Gasteiger partial charge in [-0.25, -0.2) is 8.42 Å². The lowest BCUT2D eigenvalue weighted by molar-refractivity contribution is 0.475. The molecule has 0 amide bonds. The van der Waals surface area contributed by atoms with Crippen LogP contribution < -0.4 is 0 Å². The SMILES string of the molecule is O=S(=O)(c1cc(Cl)c(O)c(Cl)c1)c1ccc2c(c1)CCCC2. The normalized spacial score (nSPS) is 14.6. The summed E-state index contributed by atoms with van der Waals surface area (Å²) in [4.78, 5) is 0.210. The quantitative estimate of drug-likeness (QED) is 0.866. The Morgan fingerprint density at radius 2 is 1.45 bits per heavy atom. The minimum Gasteiger partial charge on any atom is -0.505 e. The summed E-state index contributed by atoms with van der Waals surface area (Å²) < 4.78 is 25.5. The average molecular weight is 357 g/mol. The molecular weight excluding hydrogens is 343 g/mol. The molecule has 0 spiro atoms. The van der Waals surface area contributed by atoms with Crippen LogP contribution in [0.15, 0.2) is 40.1 Å². The molecule has 3 rings (SSSR count). The summed E-state index contributed by atoms with van der Waals surface area (Å²) in [5, 5.41) is 9.41.